The van der Waals surface area contributed by atoms with Crippen LogP contribution in [0.4, 0.5) is 5.95 Å². The number of rotatable bonds is 3. The van der Waals surface area contributed by atoms with E-state index in [1.165, 1.54) is 0 Å². The van der Waals surface area contributed by atoms with Crippen LogP contribution in [0, 0.1) is 0 Å². The Kier molecular flexibility index (Phi) is 3.56. The maximum atomic E-state index is 12.2. The van der Waals surface area contributed by atoms with Crippen LogP contribution in [0.5, 0.6) is 0 Å². The van der Waals surface area contributed by atoms with Gasteiger partial charge in [-0.1, -0.05) is 6.92 Å². The summed E-state index contributed by atoms with van der Waals surface area (Å²) in [5.41, 5.74) is 3.67. The summed E-state index contributed by atoms with van der Waals surface area (Å²) < 4.78 is 1.78. The summed E-state index contributed by atoms with van der Waals surface area (Å²) in [6.45, 7) is 3.36. The van der Waals surface area contributed by atoms with E-state index in [4.69, 9.17) is 0 Å². The van der Waals surface area contributed by atoms with Gasteiger partial charge in [0.15, 0.2) is 5.69 Å². The van der Waals surface area contributed by atoms with E-state index >= 15 is 0 Å². The molecule has 22 heavy (non-hydrogen) atoms. The van der Waals surface area contributed by atoms with Gasteiger partial charge in [0.1, 0.15) is 0 Å². The highest BCUT2D eigenvalue weighted by Gasteiger charge is 2.31. The van der Waals surface area contributed by atoms with Crippen LogP contribution in [-0.4, -0.2) is 44.7 Å². The van der Waals surface area contributed by atoms with Crippen LogP contribution in [0.15, 0.2) is 12.4 Å². The van der Waals surface area contributed by atoms with Gasteiger partial charge in [0, 0.05) is 39.1 Å². The summed E-state index contributed by atoms with van der Waals surface area (Å²) in [4.78, 5) is 24.7. The predicted octanol–water partition coefficient (Wildman–Crippen LogP) is 0.994. The van der Waals surface area contributed by atoms with Crippen LogP contribution < -0.4 is 4.90 Å². The Morgan fingerprint density at radius 1 is 1.27 bits per heavy atom. The van der Waals surface area contributed by atoms with Crippen LogP contribution in [-0.2, 0) is 26.6 Å². The van der Waals surface area contributed by atoms with Crippen molar-refractivity contribution in [1.29, 1.82) is 0 Å². The normalized spacial score (nSPS) is 13.4. The summed E-state index contributed by atoms with van der Waals surface area (Å²) in [7, 11) is 5.35. The first-order chi connectivity index (χ1) is 10.5. The number of aromatic nitrogens is 4. The fourth-order valence-electron chi connectivity index (χ4n) is 2.61. The molecule has 0 saturated heterocycles. The van der Waals surface area contributed by atoms with Crippen molar-refractivity contribution in [2.24, 2.45) is 7.05 Å². The summed E-state index contributed by atoms with van der Waals surface area (Å²) in [6, 6.07) is 0. The van der Waals surface area contributed by atoms with Crippen LogP contribution in [0.2, 0.25) is 0 Å². The lowest BCUT2D eigenvalue weighted by Gasteiger charge is -2.16. The standard InChI is InChI=1S/C15H20N6O/c1-5-10-6-16-15(17-7-10)21-8-11-12(9-21)20(4)18-13(11)14(22)19(2)3/h6-7H,5,8-9H2,1-4H3. The smallest absolute Gasteiger partial charge is 0.274 e. The Hall–Kier alpha value is -2.44. The topological polar surface area (TPSA) is 67.2 Å². The zero-order valence-corrected chi connectivity index (χ0v) is 13.4. The fraction of sp³-hybridized carbons (Fsp3) is 0.467. The van der Waals surface area contributed by atoms with Crippen molar-refractivity contribution in [3.8, 4) is 0 Å². The van der Waals surface area contributed by atoms with Gasteiger partial charge >= 0.3 is 0 Å². The number of nitrogens with zero attached hydrogens (tertiary/aromatic N) is 6. The second-order valence-corrected chi connectivity index (χ2v) is 5.70. The third-order valence-electron chi connectivity index (χ3n) is 3.96. The first-order valence-electron chi connectivity index (χ1n) is 7.33. The molecule has 0 spiro atoms. The average molecular weight is 300 g/mol. The Labute approximate surface area is 129 Å². The average Bonchev–Trinajstić information content (AvgIpc) is 3.07. The van der Waals surface area contributed by atoms with Crippen molar-refractivity contribution in [2.45, 2.75) is 26.4 Å². The maximum Gasteiger partial charge on any atom is 0.274 e. The molecule has 2 aromatic rings. The Morgan fingerprint density at radius 3 is 2.55 bits per heavy atom. The molecule has 0 unspecified atom stereocenters. The van der Waals surface area contributed by atoms with Gasteiger partial charge in [0.05, 0.1) is 18.8 Å². The van der Waals surface area contributed by atoms with Gasteiger partial charge in [-0.25, -0.2) is 9.97 Å². The van der Waals surface area contributed by atoms with E-state index in [0.29, 0.717) is 24.7 Å². The number of hydrogen-bond acceptors (Lipinski definition) is 5. The monoisotopic (exact) mass is 300 g/mol. The quantitative estimate of drug-likeness (QED) is 0.846. The van der Waals surface area contributed by atoms with Crippen molar-refractivity contribution in [3.05, 3.63) is 34.9 Å². The Balaban J connectivity index is 1.88. The number of aryl methyl sites for hydroxylation is 2. The molecule has 7 heteroatoms. The minimum Gasteiger partial charge on any atom is -0.343 e. The van der Waals surface area contributed by atoms with Crippen LogP contribution in [0.3, 0.4) is 0 Å². The lowest BCUT2D eigenvalue weighted by molar-refractivity contribution is 0.0820. The second kappa shape index (κ2) is 5.40. The van der Waals surface area contributed by atoms with Crippen molar-refractivity contribution in [3.63, 3.8) is 0 Å². The molecular formula is C15H20N6O. The number of anilines is 1. The Bertz CT molecular complexity index is 704. The molecule has 1 amide bonds. The second-order valence-electron chi connectivity index (χ2n) is 5.70. The summed E-state index contributed by atoms with van der Waals surface area (Å²) in [5, 5.41) is 4.37. The molecule has 0 atom stereocenters. The number of amides is 1. The molecule has 0 bridgehead atoms. The SMILES string of the molecule is CCc1cnc(N2Cc3c(C(=O)N(C)C)nn(C)c3C2)nc1. The molecule has 0 radical (unpaired) electrons. The van der Waals surface area contributed by atoms with E-state index in [9.17, 15) is 4.79 Å². The van der Waals surface area contributed by atoms with Crippen molar-refractivity contribution in [1.82, 2.24) is 24.6 Å². The molecule has 3 heterocycles. The molecule has 0 fully saturated rings. The first-order valence-corrected chi connectivity index (χ1v) is 7.33. The zero-order valence-electron chi connectivity index (χ0n) is 13.4. The summed E-state index contributed by atoms with van der Waals surface area (Å²) in [5.74, 6) is 0.623. The molecule has 3 rings (SSSR count). The van der Waals surface area contributed by atoms with Gasteiger partial charge in [0.25, 0.3) is 5.91 Å². The molecule has 0 N–H and O–H groups in total. The zero-order chi connectivity index (χ0) is 15.9. The highest BCUT2D eigenvalue weighted by molar-refractivity contribution is 5.94. The highest BCUT2D eigenvalue weighted by Crippen LogP contribution is 2.28. The van der Waals surface area contributed by atoms with E-state index in [1.807, 2.05) is 19.4 Å². The summed E-state index contributed by atoms with van der Waals surface area (Å²) in [6.07, 6.45) is 4.64. The first kappa shape index (κ1) is 14.5. The number of fused-ring (bicyclic) bond motifs is 1. The number of carbonyl (C=O) groups excluding carboxylic acids is 1. The lowest BCUT2D eigenvalue weighted by Crippen LogP contribution is -2.25. The van der Waals surface area contributed by atoms with Gasteiger partial charge in [-0.05, 0) is 12.0 Å². The number of hydrogen-bond donors (Lipinski definition) is 0. The van der Waals surface area contributed by atoms with Gasteiger partial charge < -0.3 is 9.80 Å². The molecule has 0 saturated carbocycles. The van der Waals surface area contributed by atoms with E-state index < -0.39 is 0 Å². The van der Waals surface area contributed by atoms with Gasteiger partial charge in [-0.15, -0.1) is 0 Å². The van der Waals surface area contributed by atoms with Crippen molar-refractivity contribution in [2.75, 3.05) is 19.0 Å². The van der Waals surface area contributed by atoms with Gasteiger partial charge in [0.2, 0.25) is 5.95 Å². The maximum absolute atomic E-state index is 12.2. The predicted molar refractivity (Wildman–Crippen MR) is 82.5 cm³/mol. The van der Waals surface area contributed by atoms with Crippen molar-refractivity contribution >= 4 is 11.9 Å². The van der Waals surface area contributed by atoms with E-state index in [-0.39, 0.29) is 5.91 Å². The minimum absolute atomic E-state index is 0.0686. The van der Waals surface area contributed by atoms with Crippen LogP contribution in [0.1, 0.15) is 34.2 Å². The van der Waals surface area contributed by atoms with Crippen LogP contribution >= 0.6 is 0 Å². The fourth-order valence-corrected chi connectivity index (χ4v) is 2.61. The largest absolute Gasteiger partial charge is 0.343 e. The molecule has 116 valence electrons. The minimum atomic E-state index is -0.0686. The van der Waals surface area contributed by atoms with E-state index in [1.54, 1.807) is 23.7 Å². The molecule has 7 nitrogen and oxygen atoms in total. The molecule has 1 aliphatic rings. The summed E-state index contributed by atoms with van der Waals surface area (Å²) >= 11 is 0. The Morgan fingerprint density at radius 2 is 1.95 bits per heavy atom. The lowest BCUT2D eigenvalue weighted by atomic mass is 10.2. The van der Waals surface area contributed by atoms with E-state index in [0.717, 1.165) is 23.2 Å². The highest BCUT2D eigenvalue weighted by atomic mass is 16.2. The molecular weight excluding hydrogens is 280 g/mol. The molecule has 0 aromatic carbocycles. The number of carbonyl (C=O) groups is 1. The third kappa shape index (κ3) is 2.32. The van der Waals surface area contributed by atoms with Gasteiger partial charge in [-0.3, -0.25) is 9.48 Å². The third-order valence-corrected chi connectivity index (χ3v) is 3.96. The molecule has 1 aliphatic heterocycles. The molecule has 2 aromatic heterocycles. The van der Waals surface area contributed by atoms with Crippen molar-refractivity contribution < 1.29 is 4.79 Å². The van der Waals surface area contributed by atoms with Gasteiger partial charge in [-0.2, -0.15) is 5.10 Å². The van der Waals surface area contributed by atoms with E-state index in [2.05, 4.69) is 26.9 Å². The van der Waals surface area contributed by atoms with Crippen LogP contribution in [0.25, 0.3) is 0 Å². The molecule has 0 aliphatic carbocycles.